The zero-order chi connectivity index (χ0) is 11.4. The third-order valence-corrected chi connectivity index (χ3v) is 2.62. The Hall–Kier alpha value is -1.10. The SMILES string of the molecule is Cc1cc(NCCBr)c([N+](=O)[O-])cc1C. The Kier molecular flexibility index (Phi) is 4.08. The van der Waals surface area contributed by atoms with Gasteiger partial charge in [0.1, 0.15) is 5.69 Å². The van der Waals surface area contributed by atoms with Crippen molar-refractivity contribution in [3.05, 3.63) is 33.4 Å². The second kappa shape index (κ2) is 5.11. The summed E-state index contributed by atoms with van der Waals surface area (Å²) in [6.45, 7) is 4.48. The molecule has 0 radical (unpaired) electrons. The van der Waals surface area contributed by atoms with Crippen LogP contribution in [0.3, 0.4) is 0 Å². The number of halogens is 1. The average Bonchev–Trinajstić information content (AvgIpc) is 2.19. The summed E-state index contributed by atoms with van der Waals surface area (Å²) in [6, 6.07) is 3.42. The first-order chi connectivity index (χ1) is 7.06. The second-order valence-corrected chi connectivity index (χ2v) is 4.12. The molecule has 82 valence electrons. The lowest BCUT2D eigenvalue weighted by molar-refractivity contribution is -0.384. The monoisotopic (exact) mass is 272 g/mol. The average molecular weight is 273 g/mol. The molecule has 15 heavy (non-hydrogen) atoms. The Labute approximate surface area is 97.0 Å². The fourth-order valence-electron chi connectivity index (χ4n) is 1.28. The van der Waals surface area contributed by atoms with E-state index in [1.807, 2.05) is 19.9 Å². The Morgan fingerprint density at radius 3 is 2.53 bits per heavy atom. The Bertz CT molecular complexity index is 380. The van der Waals surface area contributed by atoms with Crippen molar-refractivity contribution >= 4 is 27.3 Å². The minimum Gasteiger partial charge on any atom is -0.379 e. The minimum absolute atomic E-state index is 0.138. The van der Waals surface area contributed by atoms with Crippen LogP contribution in [0.5, 0.6) is 0 Å². The zero-order valence-electron chi connectivity index (χ0n) is 8.71. The van der Waals surface area contributed by atoms with E-state index in [1.54, 1.807) is 6.07 Å². The van der Waals surface area contributed by atoms with Gasteiger partial charge in [0, 0.05) is 17.9 Å². The third kappa shape index (κ3) is 2.92. The molecule has 4 nitrogen and oxygen atoms in total. The zero-order valence-corrected chi connectivity index (χ0v) is 10.3. The van der Waals surface area contributed by atoms with Crippen molar-refractivity contribution in [2.45, 2.75) is 13.8 Å². The van der Waals surface area contributed by atoms with Gasteiger partial charge in [-0.2, -0.15) is 0 Å². The van der Waals surface area contributed by atoms with E-state index < -0.39 is 0 Å². The quantitative estimate of drug-likeness (QED) is 0.521. The third-order valence-electron chi connectivity index (χ3n) is 2.22. The van der Waals surface area contributed by atoms with Crippen LogP contribution in [0.4, 0.5) is 11.4 Å². The molecule has 1 rings (SSSR count). The number of hydrogen-bond donors (Lipinski definition) is 1. The van der Waals surface area contributed by atoms with Crippen LogP contribution >= 0.6 is 15.9 Å². The molecular formula is C10H13BrN2O2. The summed E-state index contributed by atoms with van der Waals surface area (Å²) < 4.78 is 0. The molecule has 0 saturated carbocycles. The number of anilines is 1. The van der Waals surface area contributed by atoms with Gasteiger partial charge in [0.05, 0.1) is 4.92 Å². The number of nitrogens with one attached hydrogen (secondary N) is 1. The van der Waals surface area contributed by atoms with Crippen LogP contribution in [0.25, 0.3) is 0 Å². The molecule has 0 saturated heterocycles. The molecule has 0 aliphatic heterocycles. The van der Waals surface area contributed by atoms with Crippen LogP contribution in [-0.4, -0.2) is 16.8 Å². The standard InChI is InChI=1S/C10H13BrN2O2/c1-7-5-9(12-4-3-11)10(13(14)15)6-8(7)2/h5-6,12H,3-4H2,1-2H3. The van der Waals surface area contributed by atoms with Gasteiger partial charge in [0.15, 0.2) is 0 Å². The van der Waals surface area contributed by atoms with Gasteiger partial charge in [-0.3, -0.25) is 10.1 Å². The molecule has 1 aromatic rings. The highest BCUT2D eigenvalue weighted by atomic mass is 79.9. The molecule has 1 aromatic carbocycles. The molecular weight excluding hydrogens is 260 g/mol. The molecule has 5 heteroatoms. The minimum atomic E-state index is -0.358. The lowest BCUT2D eigenvalue weighted by Crippen LogP contribution is -2.05. The van der Waals surface area contributed by atoms with E-state index in [2.05, 4.69) is 21.2 Å². The van der Waals surface area contributed by atoms with Crippen LogP contribution in [-0.2, 0) is 0 Å². The predicted molar refractivity (Wildman–Crippen MR) is 64.9 cm³/mol. The number of hydrogen-bond acceptors (Lipinski definition) is 3. The van der Waals surface area contributed by atoms with Gasteiger partial charge in [-0.05, 0) is 31.0 Å². The second-order valence-electron chi connectivity index (χ2n) is 3.33. The Balaban J connectivity index is 3.10. The molecule has 0 fully saturated rings. The summed E-state index contributed by atoms with van der Waals surface area (Å²) in [6.07, 6.45) is 0. The first-order valence-corrected chi connectivity index (χ1v) is 5.74. The summed E-state index contributed by atoms with van der Waals surface area (Å²) in [4.78, 5) is 10.4. The van der Waals surface area contributed by atoms with Crippen molar-refractivity contribution in [3.8, 4) is 0 Å². The predicted octanol–water partition coefficient (Wildman–Crippen LogP) is 3.02. The maximum Gasteiger partial charge on any atom is 0.292 e. The summed E-state index contributed by atoms with van der Waals surface area (Å²) in [7, 11) is 0. The number of nitrogens with zero attached hydrogens (tertiary/aromatic N) is 1. The molecule has 0 spiro atoms. The summed E-state index contributed by atoms with van der Waals surface area (Å²) in [5.41, 5.74) is 2.71. The van der Waals surface area contributed by atoms with E-state index in [4.69, 9.17) is 0 Å². The van der Waals surface area contributed by atoms with E-state index in [0.29, 0.717) is 12.2 Å². The van der Waals surface area contributed by atoms with E-state index in [1.165, 1.54) is 0 Å². The van der Waals surface area contributed by atoms with Gasteiger partial charge in [-0.15, -0.1) is 0 Å². The fourth-order valence-corrected chi connectivity index (χ4v) is 1.47. The van der Waals surface area contributed by atoms with Gasteiger partial charge in [-0.1, -0.05) is 15.9 Å². The van der Waals surface area contributed by atoms with Crippen molar-refractivity contribution in [1.82, 2.24) is 0 Å². The first-order valence-electron chi connectivity index (χ1n) is 4.61. The van der Waals surface area contributed by atoms with Crippen LogP contribution in [0.1, 0.15) is 11.1 Å². The van der Waals surface area contributed by atoms with Crippen molar-refractivity contribution in [3.63, 3.8) is 0 Å². The fraction of sp³-hybridized carbons (Fsp3) is 0.400. The normalized spacial score (nSPS) is 10.1. The molecule has 0 aliphatic carbocycles. The smallest absolute Gasteiger partial charge is 0.292 e. The van der Waals surface area contributed by atoms with Crippen LogP contribution in [0, 0.1) is 24.0 Å². The van der Waals surface area contributed by atoms with Gasteiger partial charge < -0.3 is 5.32 Å². The van der Waals surface area contributed by atoms with Gasteiger partial charge in [0.2, 0.25) is 0 Å². The number of nitro groups is 1. The summed E-state index contributed by atoms with van der Waals surface area (Å²) in [5.74, 6) is 0. The highest BCUT2D eigenvalue weighted by Gasteiger charge is 2.14. The molecule has 0 atom stereocenters. The van der Waals surface area contributed by atoms with E-state index in [-0.39, 0.29) is 10.6 Å². The maximum absolute atomic E-state index is 10.8. The molecule has 0 aromatic heterocycles. The van der Waals surface area contributed by atoms with Crippen LogP contribution in [0.15, 0.2) is 12.1 Å². The highest BCUT2D eigenvalue weighted by Crippen LogP contribution is 2.27. The first kappa shape index (κ1) is 12.0. The lowest BCUT2D eigenvalue weighted by atomic mass is 10.1. The molecule has 0 bridgehead atoms. The number of nitro benzene ring substituents is 1. The van der Waals surface area contributed by atoms with Gasteiger partial charge in [-0.25, -0.2) is 0 Å². The highest BCUT2D eigenvalue weighted by molar-refractivity contribution is 9.09. The number of alkyl halides is 1. The Morgan fingerprint density at radius 1 is 1.40 bits per heavy atom. The summed E-state index contributed by atoms with van der Waals surface area (Å²) >= 11 is 3.27. The van der Waals surface area contributed by atoms with E-state index in [0.717, 1.165) is 16.5 Å². The van der Waals surface area contributed by atoms with Crippen LogP contribution in [0.2, 0.25) is 0 Å². The molecule has 1 N–H and O–H groups in total. The van der Waals surface area contributed by atoms with E-state index in [9.17, 15) is 10.1 Å². The van der Waals surface area contributed by atoms with Crippen molar-refractivity contribution in [1.29, 1.82) is 0 Å². The largest absolute Gasteiger partial charge is 0.379 e. The number of benzene rings is 1. The maximum atomic E-state index is 10.8. The van der Waals surface area contributed by atoms with Crippen molar-refractivity contribution in [2.75, 3.05) is 17.2 Å². The topological polar surface area (TPSA) is 55.2 Å². The summed E-state index contributed by atoms with van der Waals surface area (Å²) in [5, 5.41) is 14.6. The van der Waals surface area contributed by atoms with Crippen molar-refractivity contribution in [2.24, 2.45) is 0 Å². The van der Waals surface area contributed by atoms with Crippen molar-refractivity contribution < 1.29 is 4.92 Å². The van der Waals surface area contributed by atoms with Crippen LogP contribution < -0.4 is 5.32 Å². The number of aryl methyl sites for hydroxylation is 2. The molecule has 0 heterocycles. The lowest BCUT2D eigenvalue weighted by Gasteiger charge is -2.08. The van der Waals surface area contributed by atoms with E-state index >= 15 is 0 Å². The molecule has 0 aliphatic rings. The van der Waals surface area contributed by atoms with Gasteiger partial charge >= 0.3 is 0 Å². The Morgan fingerprint density at radius 2 is 2.00 bits per heavy atom. The number of rotatable bonds is 4. The van der Waals surface area contributed by atoms with Gasteiger partial charge in [0.25, 0.3) is 5.69 Å². The molecule has 0 amide bonds. The molecule has 0 unspecified atom stereocenters.